The fraction of sp³-hybridized carbons (Fsp3) is 0.333. The predicted molar refractivity (Wildman–Crippen MR) is 89.2 cm³/mol. The minimum absolute atomic E-state index is 0.0195. The average molecular weight is 324 g/mol. The lowest BCUT2D eigenvalue weighted by Gasteiger charge is -2.41. The Morgan fingerprint density at radius 2 is 1.83 bits per heavy atom. The summed E-state index contributed by atoms with van der Waals surface area (Å²) in [6, 6.07) is 9.66. The molecule has 2 amide bonds. The van der Waals surface area contributed by atoms with E-state index in [1.165, 1.54) is 6.20 Å². The molecule has 1 aliphatic rings. The SMILES string of the molecule is CC(=O)N1CCN(C(=O)c2cnc(C)cn2)C[C@@H]1c1ccccc1. The first-order valence-electron chi connectivity index (χ1n) is 7.96. The van der Waals surface area contributed by atoms with Crippen LogP contribution in [0.4, 0.5) is 0 Å². The lowest BCUT2D eigenvalue weighted by atomic mass is 10.0. The Hall–Kier alpha value is -2.76. The second kappa shape index (κ2) is 6.78. The normalized spacial score (nSPS) is 17.7. The van der Waals surface area contributed by atoms with Crippen molar-refractivity contribution in [2.45, 2.75) is 19.9 Å². The summed E-state index contributed by atoms with van der Waals surface area (Å²) in [7, 11) is 0. The molecule has 0 saturated carbocycles. The van der Waals surface area contributed by atoms with E-state index < -0.39 is 0 Å². The van der Waals surface area contributed by atoms with Gasteiger partial charge >= 0.3 is 0 Å². The van der Waals surface area contributed by atoms with E-state index in [1.54, 1.807) is 18.0 Å². The number of piperazine rings is 1. The highest BCUT2D eigenvalue weighted by molar-refractivity contribution is 5.92. The molecule has 2 aromatic rings. The van der Waals surface area contributed by atoms with Crippen LogP contribution >= 0.6 is 0 Å². The molecule has 124 valence electrons. The van der Waals surface area contributed by atoms with Crippen molar-refractivity contribution in [3.8, 4) is 0 Å². The minimum atomic E-state index is -0.147. The van der Waals surface area contributed by atoms with Gasteiger partial charge in [0.25, 0.3) is 5.91 Å². The van der Waals surface area contributed by atoms with Gasteiger partial charge in [0.05, 0.1) is 17.9 Å². The Labute approximate surface area is 141 Å². The fourth-order valence-electron chi connectivity index (χ4n) is 2.97. The number of benzene rings is 1. The first-order valence-corrected chi connectivity index (χ1v) is 7.96. The number of rotatable bonds is 2. The van der Waals surface area contributed by atoms with Crippen LogP contribution in [0.1, 0.15) is 34.7 Å². The Morgan fingerprint density at radius 3 is 2.46 bits per heavy atom. The third kappa shape index (κ3) is 3.27. The van der Waals surface area contributed by atoms with Gasteiger partial charge in [-0.2, -0.15) is 0 Å². The number of carbonyl (C=O) groups excluding carboxylic acids is 2. The fourth-order valence-corrected chi connectivity index (χ4v) is 2.97. The summed E-state index contributed by atoms with van der Waals surface area (Å²) in [6.07, 6.45) is 3.10. The summed E-state index contributed by atoms with van der Waals surface area (Å²) in [5.74, 6) is -0.127. The molecule has 1 saturated heterocycles. The summed E-state index contributed by atoms with van der Waals surface area (Å²) >= 11 is 0. The van der Waals surface area contributed by atoms with Crippen LogP contribution < -0.4 is 0 Å². The Kier molecular flexibility index (Phi) is 4.55. The maximum absolute atomic E-state index is 12.7. The van der Waals surface area contributed by atoms with Crippen molar-refractivity contribution in [2.24, 2.45) is 0 Å². The molecule has 1 aromatic carbocycles. The highest BCUT2D eigenvalue weighted by Gasteiger charge is 2.32. The zero-order valence-electron chi connectivity index (χ0n) is 13.8. The van der Waals surface area contributed by atoms with E-state index >= 15 is 0 Å². The van der Waals surface area contributed by atoms with Gasteiger partial charge < -0.3 is 9.80 Å². The molecule has 0 bridgehead atoms. The quantitative estimate of drug-likeness (QED) is 0.845. The molecule has 1 aromatic heterocycles. The standard InChI is InChI=1S/C18H20N4O2/c1-13-10-20-16(11-19-13)18(24)21-8-9-22(14(2)23)17(12-21)15-6-4-3-5-7-15/h3-7,10-11,17H,8-9,12H2,1-2H3/t17-/m1/s1. The highest BCUT2D eigenvalue weighted by atomic mass is 16.2. The number of nitrogens with zero attached hydrogens (tertiary/aromatic N) is 4. The van der Waals surface area contributed by atoms with Crippen LogP contribution in [0.3, 0.4) is 0 Å². The molecule has 24 heavy (non-hydrogen) atoms. The molecular weight excluding hydrogens is 304 g/mol. The smallest absolute Gasteiger partial charge is 0.274 e. The molecule has 0 unspecified atom stereocenters. The molecule has 1 atom stereocenters. The Balaban J connectivity index is 1.83. The molecule has 3 rings (SSSR count). The molecule has 0 N–H and O–H groups in total. The summed E-state index contributed by atoms with van der Waals surface area (Å²) in [6.45, 7) is 4.87. The monoisotopic (exact) mass is 324 g/mol. The Bertz CT molecular complexity index is 730. The van der Waals surface area contributed by atoms with Gasteiger partial charge in [-0.3, -0.25) is 14.6 Å². The van der Waals surface area contributed by atoms with E-state index in [-0.39, 0.29) is 17.9 Å². The van der Waals surface area contributed by atoms with Crippen LogP contribution in [0.25, 0.3) is 0 Å². The number of amides is 2. The van der Waals surface area contributed by atoms with Crippen LogP contribution in [0, 0.1) is 6.92 Å². The topological polar surface area (TPSA) is 66.4 Å². The molecular formula is C18H20N4O2. The van der Waals surface area contributed by atoms with Crippen molar-refractivity contribution < 1.29 is 9.59 Å². The van der Waals surface area contributed by atoms with Crippen LogP contribution in [-0.2, 0) is 4.79 Å². The number of aromatic nitrogens is 2. The minimum Gasteiger partial charge on any atom is -0.333 e. The summed E-state index contributed by atoms with van der Waals surface area (Å²) in [4.78, 5) is 36.5. The van der Waals surface area contributed by atoms with Gasteiger partial charge in [-0.05, 0) is 12.5 Å². The zero-order valence-corrected chi connectivity index (χ0v) is 13.8. The van der Waals surface area contributed by atoms with Gasteiger partial charge in [0.2, 0.25) is 5.91 Å². The third-order valence-electron chi connectivity index (χ3n) is 4.26. The maximum Gasteiger partial charge on any atom is 0.274 e. The second-order valence-electron chi connectivity index (χ2n) is 5.93. The van der Waals surface area contributed by atoms with E-state index in [9.17, 15) is 9.59 Å². The number of hydrogen-bond donors (Lipinski definition) is 0. The molecule has 1 aliphatic heterocycles. The molecule has 0 radical (unpaired) electrons. The van der Waals surface area contributed by atoms with E-state index in [2.05, 4.69) is 9.97 Å². The van der Waals surface area contributed by atoms with Crippen molar-refractivity contribution in [3.63, 3.8) is 0 Å². The molecule has 0 aliphatic carbocycles. The van der Waals surface area contributed by atoms with Gasteiger partial charge in [-0.15, -0.1) is 0 Å². The van der Waals surface area contributed by atoms with Gasteiger partial charge in [0, 0.05) is 32.8 Å². The summed E-state index contributed by atoms with van der Waals surface area (Å²) < 4.78 is 0. The van der Waals surface area contributed by atoms with Crippen molar-refractivity contribution in [2.75, 3.05) is 19.6 Å². The first kappa shape index (κ1) is 16.1. The Morgan fingerprint density at radius 1 is 1.08 bits per heavy atom. The largest absolute Gasteiger partial charge is 0.333 e. The molecule has 6 heteroatoms. The van der Waals surface area contributed by atoms with Crippen molar-refractivity contribution in [1.82, 2.24) is 19.8 Å². The van der Waals surface area contributed by atoms with Gasteiger partial charge in [0.1, 0.15) is 5.69 Å². The second-order valence-corrected chi connectivity index (χ2v) is 5.93. The molecule has 0 spiro atoms. The third-order valence-corrected chi connectivity index (χ3v) is 4.26. The summed E-state index contributed by atoms with van der Waals surface area (Å²) in [5.41, 5.74) is 2.14. The van der Waals surface area contributed by atoms with Crippen LogP contribution in [0.15, 0.2) is 42.7 Å². The number of aryl methyl sites for hydroxylation is 1. The average Bonchev–Trinajstić information content (AvgIpc) is 2.62. The zero-order chi connectivity index (χ0) is 17.1. The lowest BCUT2D eigenvalue weighted by molar-refractivity contribution is -0.133. The summed E-state index contributed by atoms with van der Waals surface area (Å²) in [5, 5.41) is 0. The van der Waals surface area contributed by atoms with Crippen molar-refractivity contribution in [3.05, 3.63) is 59.7 Å². The predicted octanol–water partition coefficient (Wildman–Crippen LogP) is 1.83. The maximum atomic E-state index is 12.7. The molecule has 1 fully saturated rings. The van der Waals surface area contributed by atoms with E-state index in [4.69, 9.17) is 0 Å². The van der Waals surface area contributed by atoms with Crippen LogP contribution in [-0.4, -0.2) is 51.2 Å². The van der Waals surface area contributed by atoms with Crippen molar-refractivity contribution >= 4 is 11.8 Å². The van der Waals surface area contributed by atoms with E-state index in [1.807, 2.05) is 42.2 Å². The van der Waals surface area contributed by atoms with Crippen LogP contribution in [0.2, 0.25) is 0 Å². The molecule has 2 heterocycles. The lowest BCUT2D eigenvalue weighted by Crippen LogP contribution is -2.52. The van der Waals surface area contributed by atoms with Gasteiger partial charge in [-0.1, -0.05) is 30.3 Å². The van der Waals surface area contributed by atoms with Crippen molar-refractivity contribution in [1.29, 1.82) is 0 Å². The first-order chi connectivity index (χ1) is 11.6. The highest BCUT2D eigenvalue weighted by Crippen LogP contribution is 2.26. The van der Waals surface area contributed by atoms with Crippen LogP contribution in [0.5, 0.6) is 0 Å². The van der Waals surface area contributed by atoms with E-state index in [0.29, 0.717) is 25.3 Å². The van der Waals surface area contributed by atoms with Gasteiger partial charge in [0.15, 0.2) is 0 Å². The number of hydrogen-bond acceptors (Lipinski definition) is 4. The number of carbonyl (C=O) groups is 2. The van der Waals surface area contributed by atoms with E-state index in [0.717, 1.165) is 11.3 Å². The van der Waals surface area contributed by atoms with Gasteiger partial charge in [-0.25, -0.2) is 4.98 Å². The molecule has 6 nitrogen and oxygen atoms in total.